The molecule has 1 amide bonds. The highest BCUT2D eigenvalue weighted by atomic mass is 19.4. The van der Waals surface area contributed by atoms with Gasteiger partial charge in [-0.2, -0.15) is 13.2 Å². The number of alkyl halides is 3. The number of carbonyl (C=O) groups excluding carboxylic acids is 1. The van der Waals surface area contributed by atoms with Crippen molar-refractivity contribution in [2.24, 2.45) is 0 Å². The van der Waals surface area contributed by atoms with Crippen LogP contribution in [0.25, 0.3) is 5.69 Å². The van der Waals surface area contributed by atoms with E-state index in [1.54, 1.807) is 6.07 Å². The van der Waals surface area contributed by atoms with Crippen LogP contribution in [-0.4, -0.2) is 35.1 Å². The lowest BCUT2D eigenvalue weighted by Gasteiger charge is -2.21. The Labute approximate surface area is 139 Å². The fraction of sp³-hybridized carbons (Fsp3) is 0.389. The fourth-order valence-corrected chi connectivity index (χ4v) is 2.67. The molecule has 2 aromatic rings. The van der Waals surface area contributed by atoms with Gasteiger partial charge >= 0.3 is 6.18 Å². The van der Waals surface area contributed by atoms with Crippen molar-refractivity contribution in [1.82, 2.24) is 9.47 Å². The van der Waals surface area contributed by atoms with Crippen LogP contribution in [0.15, 0.2) is 30.3 Å². The van der Waals surface area contributed by atoms with Gasteiger partial charge in [-0.15, -0.1) is 0 Å². The van der Waals surface area contributed by atoms with Gasteiger partial charge in [-0.05, 0) is 45.0 Å². The van der Waals surface area contributed by atoms with Crippen molar-refractivity contribution >= 4 is 5.91 Å². The van der Waals surface area contributed by atoms with Gasteiger partial charge in [0.25, 0.3) is 5.91 Å². The lowest BCUT2D eigenvalue weighted by molar-refractivity contribution is -0.136. The maximum absolute atomic E-state index is 12.7. The van der Waals surface area contributed by atoms with Crippen LogP contribution in [0, 0.1) is 20.8 Å². The highest BCUT2D eigenvalue weighted by Gasteiger charge is 2.29. The molecule has 0 aliphatic rings. The smallest absolute Gasteiger partial charge is 0.341 e. The standard InChI is InChI=1S/C18H21F3N2O/c1-12-5-8-16(23-13(2)6-7-14(23)3)15(11-12)17(24)22(4)10-9-18(19,20)21/h5-8,11H,9-10H2,1-4H3. The van der Waals surface area contributed by atoms with Gasteiger partial charge in [0, 0.05) is 25.0 Å². The summed E-state index contributed by atoms with van der Waals surface area (Å²) in [4.78, 5) is 13.8. The first kappa shape index (κ1) is 18.1. The molecule has 0 spiro atoms. The Kier molecular flexibility index (Phi) is 5.06. The van der Waals surface area contributed by atoms with Crippen molar-refractivity contribution in [2.75, 3.05) is 13.6 Å². The summed E-state index contributed by atoms with van der Waals surface area (Å²) >= 11 is 0. The van der Waals surface area contributed by atoms with E-state index < -0.39 is 18.5 Å². The quantitative estimate of drug-likeness (QED) is 0.810. The molecule has 0 radical (unpaired) electrons. The van der Waals surface area contributed by atoms with E-state index in [4.69, 9.17) is 0 Å². The molecule has 0 bridgehead atoms. The first-order valence-corrected chi connectivity index (χ1v) is 7.68. The third kappa shape index (κ3) is 3.99. The number of aromatic nitrogens is 1. The van der Waals surface area contributed by atoms with Crippen molar-refractivity contribution in [3.63, 3.8) is 0 Å². The summed E-state index contributed by atoms with van der Waals surface area (Å²) in [6, 6.07) is 9.33. The maximum atomic E-state index is 12.7. The molecule has 1 heterocycles. The zero-order valence-corrected chi connectivity index (χ0v) is 14.2. The van der Waals surface area contributed by atoms with E-state index in [1.807, 2.05) is 49.6 Å². The van der Waals surface area contributed by atoms with Crippen LogP contribution in [0.2, 0.25) is 0 Å². The van der Waals surface area contributed by atoms with Crippen LogP contribution < -0.4 is 0 Å². The Morgan fingerprint density at radius 1 is 1.08 bits per heavy atom. The van der Waals surface area contributed by atoms with Gasteiger partial charge in [0.1, 0.15) is 0 Å². The predicted octanol–water partition coefficient (Wildman–Crippen LogP) is 4.43. The second kappa shape index (κ2) is 6.71. The third-order valence-electron chi connectivity index (χ3n) is 3.97. The van der Waals surface area contributed by atoms with Crippen LogP contribution in [0.5, 0.6) is 0 Å². The van der Waals surface area contributed by atoms with Gasteiger partial charge in [0.2, 0.25) is 0 Å². The molecule has 0 atom stereocenters. The monoisotopic (exact) mass is 338 g/mol. The molecule has 0 saturated heterocycles. The molecule has 6 heteroatoms. The molecule has 0 saturated carbocycles. The molecule has 0 N–H and O–H groups in total. The Hall–Kier alpha value is -2.24. The minimum Gasteiger partial charge on any atom is -0.341 e. The summed E-state index contributed by atoms with van der Waals surface area (Å²) in [6.07, 6.45) is -5.30. The lowest BCUT2D eigenvalue weighted by atomic mass is 10.1. The Morgan fingerprint density at radius 2 is 1.67 bits per heavy atom. The molecule has 1 aromatic heterocycles. The number of carbonyl (C=O) groups is 1. The Morgan fingerprint density at radius 3 is 2.21 bits per heavy atom. The van der Waals surface area contributed by atoms with E-state index in [0.29, 0.717) is 11.3 Å². The van der Waals surface area contributed by atoms with Crippen molar-refractivity contribution in [3.8, 4) is 5.69 Å². The minimum absolute atomic E-state index is 0.362. The van der Waals surface area contributed by atoms with Gasteiger partial charge in [-0.1, -0.05) is 11.6 Å². The number of nitrogens with zero attached hydrogens (tertiary/aromatic N) is 2. The lowest BCUT2D eigenvalue weighted by Crippen LogP contribution is -2.31. The summed E-state index contributed by atoms with van der Waals surface area (Å²) in [6.45, 7) is 5.34. The Balaban J connectivity index is 2.39. The summed E-state index contributed by atoms with van der Waals surface area (Å²) < 4.78 is 39.2. The molecule has 0 aliphatic carbocycles. The van der Waals surface area contributed by atoms with Crippen molar-refractivity contribution in [1.29, 1.82) is 0 Å². The number of benzene rings is 1. The largest absolute Gasteiger partial charge is 0.390 e. The van der Waals surface area contributed by atoms with E-state index in [0.717, 1.165) is 21.9 Å². The van der Waals surface area contributed by atoms with E-state index in [2.05, 4.69) is 0 Å². The van der Waals surface area contributed by atoms with Crippen LogP contribution in [0.1, 0.15) is 33.7 Å². The molecule has 0 fully saturated rings. The van der Waals surface area contributed by atoms with Gasteiger partial charge in [-0.3, -0.25) is 4.79 Å². The van der Waals surface area contributed by atoms with Crippen LogP contribution in [-0.2, 0) is 0 Å². The second-order valence-electron chi connectivity index (χ2n) is 6.06. The predicted molar refractivity (Wildman–Crippen MR) is 87.6 cm³/mol. The summed E-state index contributed by atoms with van der Waals surface area (Å²) in [5.74, 6) is -0.412. The van der Waals surface area contributed by atoms with E-state index >= 15 is 0 Å². The van der Waals surface area contributed by atoms with Gasteiger partial charge in [0.15, 0.2) is 0 Å². The molecular weight excluding hydrogens is 317 g/mol. The average Bonchev–Trinajstić information content (AvgIpc) is 2.82. The number of aryl methyl sites for hydroxylation is 3. The van der Waals surface area contributed by atoms with Gasteiger partial charge < -0.3 is 9.47 Å². The first-order valence-electron chi connectivity index (χ1n) is 7.68. The SMILES string of the molecule is Cc1ccc(-n2c(C)ccc2C)c(C(=O)N(C)CCC(F)(F)F)c1. The van der Waals surface area contributed by atoms with Gasteiger partial charge in [0.05, 0.1) is 17.7 Å². The molecule has 24 heavy (non-hydrogen) atoms. The molecule has 0 unspecified atom stereocenters. The fourth-order valence-electron chi connectivity index (χ4n) is 2.67. The minimum atomic E-state index is -4.28. The van der Waals surface area contributed by atoms with Crippen LogP contribution in [0.4, 0.5) is 13.2 Å². The number of amides is 1. The van der Waals surface area contributed by atoms with Crippen LogP contribution in [0.3, 0.4) is 0 Å². The zero-order chi connectivity index (χ0) is 18.1. The third-order valence-corrected chi connectivity index (χ3v) is 3.97. The van der Waals surface area contributed by atoms with Gasteiger partial charge in [-0.25, -0.2) is 0 Å². The van der Waals surface area contributed by atoms with Crippen molar-refractivity contribution < 1.29 is 18.0 Å². The number of hydrogen-bond donors (Lipinski definition) is 0. The molecule has 1 aromatic carbocycles. The summed E-state index contributed by atoms with van der Waals surface area (Å²) in [7, 11) is 1.40. The number of halogens is 3. The second-order valence-corrected chi connectivity index (χ2v) is 6.06. The molecule has 0 aliphatic heterocycles. The molecule has 130 valence electrons. The van der Waals surface area contributed by atoms with E-state index in [1.165, 1.54) is 7.05 Å². The first-order chi connectivity index (χ1) is 11.1. The van der Waals surface area contributed by atoms with Crippen molar-refractivity contribution in [2.45, 2.75) is 33.4 Å². The van der Waals surface area contributed by atoms with E-state index in [9.17, 15) is 18.0 Å². The number of hydrogen-bond acceptors (Lipinski definition) is 1. The zero-order valence-electron chi connectivity index (χ0n) is 14.2. The average molecular weight is 338 g/mol. The molecule has 2 rings (SSSR count). The van der Waals surface area contributed by atoms with Crippen LogP contribution >= 0.6 is 0 Å². The Bertz CT molecular complexity index is 728. The highest BCUT2D eigenvalue weighted by Crippen LogP contribution is 2.24. The highest BCUT2D eigenvalue weighted by molar-refractivity contribution is 5.98. The van der Waals surface area contributed by atoms with Crippen molar-refractivity contribution in [3.05, 3.63) is 52.8 Å². The molecule has 3 nitrogen and oxygen atoms in total. The normalized spacial score (nSPS) is 11.6. The number of rotatable bonds is 4. The summed E-state index contributed by atoms with van der Waals surface area (Å²) in [5.41, 5.74) is 3.90. The maximum Gasteiger partial charge on any atom is 0.390 e. The molecular formula is C18H21F3N2O. The summed E-state index contributed by atoms with van der Waals surface area (Å²) in [5, 5.41) is 0. The topological polar surface area (TPSA) is 25.2 Å². The van der Waals surface area contributed by atoms with E-state index in [-0.39, 0.29) is 6.54 Å².